The Hall–Kier alpha value is -2.96. The van der Waals surface area contributed by atoms with Gasteiger partial charge in [0.15, 0.2) is 0 Å². The van der Waals surface area contributed by atoms with Crippen LogP contribution in [-0.2, 0) is 4.79 Å². The van der Waals surface area contributed by atoms with Crippen LogP contribution >= 0.6 is 0 Å². The molecule has 2 aromatic rings. The highest BCUT2D eigenvalue weighted by Crippen LogP contribution is 2.24. The standard InChI is InChI=1S/C24H31N5O2/c1-17(2)22-25-18(3)16-21(26-22)27-12-14-28(15-13-27)24(31)20-10-7-11-29(20)23(30)19-8-5-4-6-9-19/h4-6,8-9,16-17,20H,7,10-15H2,1-3H3. The topological polar surface area (TPSA) is 69.6 Å². The van der Waals surface area contributed by atoms with E-state index in [0.717, 1.165) is 43.3 Å². The molecule has 2 fully saturated rings. The molecular formula is C24H31N5O2. The summed E-state index contributed by atoms with van der Waals surface area (Å²) in [7, 11) is 0. The predicted octanol–water partition coefficient (Wildman–Crippen LogP) is 2.86. The van der Waals surface area contributed by atoms with Gasteiger partial charge in [0.05, 0.1) is 0 Å². The lowest BCUT2D eigenvalue weighted by Crippen LogP contribution is -2.54. The Balaban J connectivity index is 1.41. The molecule has 1 atom stereocenters. The van der Waals surface area contributed by atoms with Crippen LogP contribution in [-0.4, -0.2) is 70.3 Å². The first-order valence-corrected chi connectivity index (χ1v) is 11.2. The Labute approximate surface area is 184 Å². The Morgan fingerprint density at radius 2 is 1.71 bits per heavy atom. The zero-order valence-electron chi connectivity index (χ0n) is 18.6. The van der Waals surface area contributed by atoms with Gasteiger partial charge in [-0.1, -0.05) is 32.0 Å². The minimum absolute atomic E-state index is 0.0484. The number of rotatable bonds is 4. The van der Waals surface area contributed by atoms with E-state index in [0.29, 0.717) is 25.2 Å². The zero-order chi connectivity index (χ0) is 22.0. The molecule has 3 heterocycles. The highest BCUT2D eigenvalue weighted by molar-refractivity contribution is 5.98. The summed E-state index contributed by atoms with van der Waals surface area (Å²) in [6.07, 6.45) is 1.60. The SMILES string of the molecule is Cc1cc(N2CCN(C(=O)C3CCCN3C(=O)c3ccccc3)CC2)nc(C(C)C)n1. The molecule has 0 N–H and O–H groups in total. The smallest absolute Gasteiger partial charge is 0.254 e. The van der Waals surface area contributed by atoms with E-state index >= 15 is 0 Å². The summed E-state index contributed by atoms with van der Waals surface area (Å²) in [5, 5.41) is 0. The third-order valence-corrected chi connectivity index (χ3v) is 6.11. The molecule has 0 spiro atoms. The maximum atomic E-state index is 13.3. The summed E-state index contributed by atoms with van der Waals surface area (Å²) in [6.45, 7) is 9.58. The highest BCUT2D eigenvalue weighted by Gasteiger charge is 2.37. The number of amides is 2. The molecule has 2 aliphatic heterocycles. The number of anilines is 1. The van der Waals surface area contributed by atoms with Crippen LogP contribution < -0.4 is 4.90 Å². The lowest BCUT2D eigenvalue weighted by atomic mass is 10.1. The van der Waals surface area contributed by atoms with E-state index in [4.69, 9.17) is 4.98 Å². The minimum atomic E-state index is -0.354. The molecule has 0 saturated carbocycles. The molecule has 1 aromatic carbocycles. The van der Waals surface area contributed by atoms with Crippen molar-refractivity contribution in [3.63, 3.8) is 0 Å². The molecule has 1 aromatic heterocycles. The zero-order valence-corrected chi connectivity index (χ0v) is 18.6. The molecule has 0 aliphatic carbocycles. The molecule has 0 radical (unpaired) electrons. The van der Waals surface area contributed by atoms with Crippen LogP contribution in [0, 0.1) is 6.92 Å². The van der Waals surface area contributed by atoms with Crippen molar-refractivity contribution in [2.45, 2.75) is 45.6 Å². The summed E-state index contributed by atoms with van der Waals surface area (Å²) < 4.78 is 0. The molecule has 7 heteroatoms. The van der Waals surface area contributed by atoms with Gasteiger partial charge in [0.1, 0.15) is 17.7 Å². The number of nitrogens with zero attached hydrogens (tertiary/aromatic N) is 5. The van der Waals surface area contributed by atoms with E-state index in [9.17, 15) is 9.59 Å². The van der Waals surface area contributed by atoms with E-state index in [1.165, 1.54) is 0 Å². The number of likely N-dealkylation sites (tertiary alicyclic amines) is 1. The van der Waals surface area contributed by atoms with E-state index in [2.05, 4.69) is 23.7 Å². The van der Waals surface area contributed by atoms with Crippen molar-refractivity contribution in [3.05, 3.63) is 53.5 Å². The second-order valence-corrected chi connectivity index (χ2v) is 8.72. The fourth-order valence-corrected chi connectivity index (χ4v) is 4.37. The number of piperazine rings is 1. The average Bonchev–Trinajstić information content (AvgIpc) is 3.28. The van der Waals surface area contributed by atoms with Gasteiger partial charge in [0.2, 0.25) is 5.91 Å². The molecule has 0 bridgehead atoms. The minimum Gasteiger partial charge on any atom is -0.353 e. The number of hydrogen-bond donors (Lipinski definition) is 0. The number of carbonyl (C=O) groups excluding carboxylic acids is 2. The normalized spacial score (nSPS) is 19.2. The van der Waals surface area contributed by atoms with Crippen molar-refractivity contribution in [1.29, 1.82) is 0 Å². The molecule has 2 aliphatic rings. The Bertz CT molecular complexity index is 938. The fraction of sp³-hybridized carbons (Fsp3) is 0.500. The van der Waals surface area contributed by atoms with Crippen LogP contribution in [0.1, 0.15) is 54.5 Å². The summed E-state index contributed by atoms with van der Waals surface area (Å²) in [4.78, 5) is 41.4. The third kappa shape index (κ3) is 4.55. The van der Waals surface area contributed by atoms with Gasteiger partial charge >= 0.3 is 0 Å². The Morgan fingerprint density at radius 3 is 2.39 bits per heavy atom. The van der Waals surface area contributed by atoms with Crippen molar-refractivity contribution in [3.8, 4) is 0 Å². The van der Waals surface area contributed by atoms with Crippen molar-refractivity contribution >= 4 is 17.6 Å². The van der Waals surface area contributed by atoms with Crippen molar-refractivity contribution in [2.24, 2.45) is 0 Å². The monoisotopic (exact) mass is 421 g/mol. The van der Waals surface area contributed by atoms with Gasteiger partial charge in [-0.25, -0.2) is 9.97 Å². The van der Waals surface area contributed by atoms with Crippen molar-refractivity contribution in [1.82, 2.24) is 19.8 Å². The summed E-state index contributed by atoms with van der Waals surface area (Å²) in [5.41, 5.74) is 1.61. The van der Waals surface area contributed by atoms with Crippen LogP contribution in [0.2, 0.25) is 0 Å². The van der Waals surface area contributed by atoms with E-state index < -0.39 is 0 Å². The first-order valence-electron chi connectivity index (χ1n) is 11.2. The van der Waals surface area contributed by atoms with Gasteiger partial charge in [-0.2, -0.15) is 0 Å². The second kappa shape index (κ2) is 9.04. The average molecular weight is 422 g/mol. The van der Waals surface area contributed by atoms with Crippen molar-refractivity contribution < 1.29 is 9.59 Å². The van der Waals surface area contributed by atoms with Gasteiger partial charge in [0, 0.05) is 56.0 Å². The van der Waals surface area contributed by atoms with Gasteiger partial charge in [-0.3, -0.25) is 9.59 Å². The quantitative estimate of drug-likeness (QED) is 0.759. The summed E-state index contributed by atoms with van der Waals surface area (Å²) in [6, 6.07) is 10.9. The number of aryl methyl sites for hydroxylation is 1. The summed E-state index contributed by atoms with van der Waals surface area (Å²) in [5.74, 6) is 2.09. The van der Waals surface area contributed by atoms with Crippen LogP contribution in [0.25, 0.3) is 0 Å². The Kier molecular flexibility index (Phi) is 6.20. The maximum absolute atomic E-state index is 13.3. The molecular weight excluding hydrogens is 390 g/mol. The highest BCUT2D eigenvalue weighted by atomic mass is 16.2. The molecule has 164 valence electrons. The van der Waals surface area contributed by atoms with E-state index in [1.807, 2.05) is 48.2 Å². The number of benzene rings is 1. The first kappa shape index (κ1) is 21.3. The van der Waals surface area contributed by atoms with E-state index in [-0.39, 0.29) is 23.8 Å². The molecule has 7 nitrogen and oxygen atoms in total. The van der Waals surface area contributed by atoms with Crippen LogP contribution in [0.4, 0.5) is 5.82 Å². The van der Waals surface area contributed by atoms with Gasteiger partial charge < -0.3 is 14.7 Å². The molecule has 2 saturated heterocycles. The van der Waals surface area contributed by atoms with Gasteiger partial charge in [-0.05, 0) is 31.9 Å². The van der Waals surface area contributed by atoms with Crippen LogP contribution in [0.15, 0.2) is 36.4 Å². The van der Waals surface area contributed by atoms with Crippen molar-refractivity contribution in [2.75, 3.05) is 37.6 Å². The van der Waals surface area contributed by atoms with Gasteiger partial charge in [-0.15, -0.1) is 0 Å². The van der Waals surface area contributed by atoms with Gasteiger partial charge in [0.25, 0.3) is 5.91 Å². The van der Waals surface area contributed by atoms with E-state index in [1.54, 1.807) is 4.90 Å². The first-order chi connectivity index (χ1) is 14.9. The second-order valence-electron chi connectivity index (χ2n) is 8.72. The Morgan fingerprint density at radius 1 is 1.00 bits per heavy atom. The molecule has 31 heavy (non-hydrogen) atoms. The largest absolute Gasteiger partial charge is 0.353 e. The fourth-order valence-electron chi connectivity index (χ4n) is 4.37. The van der Waals surface area contributed by atoms with Crippen LogP contribution in [0.3, 0.4) is 0 Å². The number of carbonyl (C=O) groups is 2. The molecule has 1 unspecified atom stereocenters. The lowest BCUT2D eigenvalue weighted by Gasteiger charge is -2.38. The number of hydrogen-bond acceptors (Lipinski definition) is 5. The molecule has 4 rings (SSSR count). The maximum Gasteiger partial charge on any atom is 0.254 e. The summed E-state index contributed by atoms with van der Waals surface area (Å²) >= 11 is 0. The lowest BCUT2D eigenvalue weighted by molar-refractivity contribution is -0.135. The molecule has 2 amide bonds. The predicted molar refractivity (Wildman–Crippen MR) is 120 cm³/mol. The van der Waals surface area contributed by atoms with Crippen LogP contribution in [0.5, 0.6) is 0 Å². The number of aromatic nitrogens is 2. The third-order valence-electron chi connectivity index (χ3n) is 6.11.